The third kappa shape index (κ3) is 6.95. The first-order valence-corrected chi connectivity index (χ1v) is 3.32. The van der Waals surface area contributed by atoms with Crippen molar-refractivity contribution in [3.63, 3.8) is 0 Å². The molecule has 0 aromatic rings. The van der Waals surface area contributed by atoms with Crippen molar-refractivity contribution in [3.05, 3.63) is 25.1 Å². The van der Waals surface area contributed by atoms with Crippen LogP contribution in [0.25, 0.3) is 0 Å². The second-order valence-electron chi connectivity index (χ2n) is 2.17. The van der Waals surface area contributed by atoms with E-state index in [-0.39, 0.29) is 0 Å². The molecule has 0 atom stereocenters. The van der Waals surface area contributed by atoms with Gasteiger partial charge in [0, 0.05) is 24.7 Å². The van der Waals surface area contributed by atoms with Crippen LogP contribution in [0.4, 0.5) is 0 Å². The molecule has 1 N–H and O–H groups in total. The molecule has 2 heteroatoms. The van der Waals surface area contributed by atoms with Crippen molar-refractivity contribution in [2.24, 2.45) is 4.99 Å². The number of hydrogen-bond donors (Lipinski definition) is 1. The fourth-order valence-corrected chi connectivity index (χ4v) is 0.389. The molecule has 0 amide bonds. The van der Waals surface area contributed by atoms with Crippen molar-refractivity contribution >= 4 is 6.21 Å². The van der Waals surface area contributed by atoms with Crippen molar-refractivity contribution in [1.82, 2.24) is 5.32 Å². The predicted molar refractivity (Wildman–Crippen MR) is 46.1 cm³/mol. The van der Waals surface area contributed by atoms with Gasteiger partial charge >= 0.3 is 0 Å². The predicted octanol–water partition coefficient (Wildman–Crippen LogP) is 1.71. The minimum Gasteiger partial charge on any atom is -0.387 e. The van der Waals surface area contributed by atoms with E-state index in [0.717, 1.165) is 0 Å². The molecule has 0 saturated carbocycles. The van der Waals surface area contributed by atoms with Gasteiger partial charge in [0.15, 0.2) is 0 Å². The van der Waals surface area contributed by atoms with E-state index in [1.807, 2.05) is 6.20 Å². The zero-order valence-corrected chi connectivity index (χ0v) is 6.54. The van der Waals surface area contributed by atoms with Crippen LogP contribution in [0.2, 0.25) is 0 Å². The Morgan fingerprint density at radius 1 is 1.50 bits per heavy atom. The van der Waals surface area contributed by atoms with E-state index >= 15 is 0 Å². The summed E-state index contributed by atoms with van der Waals surface area (Å²) in [6.07, 6.45) is 6.78. The molecule has 0 bridgehead atoms. The van der Waals surface area contributed by atoms with E-state index < -0.39 is 0 Å². The van der Waals surface area contributed by atoms with E-state index in [0.29, 0.717) is 6.04 Å². The Morgan fingerprint density at radius 2 is 2.20 bits per heavy atom. The van der Waals surface area contributed by atoms with Crippen LogP contribution >= 0.6 is 0 Å². The van der Waals surface area contributed by atoms with Crippen LogP contribution < -0.4 is 5.32 Å². The molecule has 0 aliphatic carbocycles. The molecule has 56 valence electrons. The Kier molecular flexibility index (Phi) is 5.44. The van der Waals surface area contributed by atoms with Gasteiger partial charge in [0.25, 0.3) is 0 Å². The van der Waals surface area contributed by atoms with Gasteiger partial charge in [0.2, 0.25) is 0 Å². The highest BCUT2D eigenvalue weighted by Gasteiger charge is 1.80. The van der Waals surface area contributed by atoms with E-state index in [9.17, 15) is 0 Å². The molecule has 0 aliphatic rings. The smallest absolute Gasteiger partial charge is 0.0424 e. The highest BCUT2D eigenvalue weighted by atomic mass is 14.9. The Hall–Kier alpha value is -1.05. The standard InChI is InChI=1S/C8H14N2/c1-4-5-9-6-7-10-8(2)3/h4-8,10H,1H2,2-3H3/b7-6-,9-5?. The van der Waals surface area contributed by atoms with E-state index in [1.54, 1.807) is 18.5 Å². The number of hydrogen-bond acceptors (Lipinski definition) is 2. The van der Waals surface area contributed by atoms with Gasteiger partial charge in [-0.15, -0.1) is 0 Å². The van der Waals surface area contributed by atoms with Gasteiger partial charge in [-0.3, -0.25) is 4.99 Å². The fraction of sp³-hybridized carbons (Fsp3) is 0.375. The molecule has 0 spiro atoms. The first-order chi connectivity index (χ1) is 4.77. The van der Waals surface area contributed by atoms with E-state index in [2.05, 4.69) is 30.7 Å². The quantitative estimate of drug-likeness (QED) is 0.588. The molecule has 10 heavy (non-hydrogen) atoms. The summed E-state index contributed by atoms with van der Waals surface area (Å²) in [5.74, 6) is 0. The van der Waals surface area contributed by atoms with Gasteiger partial charge < -0.3 is 5.32 Å². The van der Waals surface area contributed by atoms with Crippen molar-refractivity contribution in [2.45, 2.75) is 19.9 Å². The highest BCUT2D eigenvalue weighted by molar-refractivity contribution is 5.70. The summed E-state index contributed by atoms with van der Waals surface area (Å²) < 4.78 is 0. The molecule has 0 rings (SSSR count). The lowest BCUT2D eigenvalue weighted by Crippen LogP contribution is -2.14. The lowest BCUT2D eigenvalue weighted by atomic mass is 10.4. The van der Waals surface area contributed by atoms with Crippen LogP contribution in [0.15, 0.2) is 30.0 Å². The maximum Gasteiger partial charge on any atom is 0.0424 e. The molecule has 0 aliphatic heterocycles. The second kappa shape index (κ2) is 6.08. The first kappa shape index (κ1) is 8.95. The monoisotopic (exact) mass is 138 g/mol. The van der Waals surface area contributed by atoms with E-state index in [4.69, 9.17) is 0 Å². The van der Waals surface area contributed by atoms with Crippen molar-refractivity contribution in [3.8, 4) is 0 Å². The van der Waals surface area contributed by atoms with Gasteiger partial charge in [-0.25, -0.2) is 0 Å². The van der Waals surface area contributed by atoms with Crippen LogP contribution in [0, 0.1) is 0 Å². The van der Waals surface area contributed by atoms with Gasteiger partial charge in [-0.2, -0.15) is 0 Å². The molecule has 0 saturated heterocycles. The van der Waals surface area contributed by atoms with Crippen LogP contribution in [0.1, 0.15) is 13.8 Å². The normalized spacial score (nSPS) is 11.5. The summed E-state index contributed by atoms with van der Waals surface area (Å²) in [5, 5.41) is 3.08. The van der Waals surface area contributed by atoms with Gasteiger partial charge in [-0.05, 0) is 13.8 Å². The second-order valence-corrected chi connectivity index (χ2v) is 2.17. The van der Waals surface area contributed by atoms with Crippen molar-refractivity contribution < 1.29 is 0 Å². The lowest BCUT2D eigenvalue weighted by molar-refractivity contribution is 0.701. The van der Waals surface area contributed by atoms with Crippen LogP contribution in [-0.2, 0) is 0 Å². The minimum atomic E-state index is 0.468. The molecular formula is C8H14N2. The maximum absolute atomic E-state index is 3.88. The number of nitrogens with zero attached hydrogens (tertiary/aromatic N) is 1. The SMILES string of the molecule is C=CC=N/C=C\NC(C)C. The largest absolute Gasteiger partial charge is 0.387 e. The first-order valence-electron chi connectivity index (χ1n) is 3.32. The van der Waals surface area contributed by atoms with Crippen LogP contribution in [-0.4, -0.2) is 12.3 Å². The Morgan fingerprint density at radius 3 is 2.70 bits per heavy atom. The topological polar surface area (TPSA) is 24.4 Å². The number of nitrogens with one attached hydrogen (secondary N) is 1. The zero-order chi connectivity index (χ0) is 7.82. The van der Waals surface area contributed by atoms with Crippen LogP contribution in [0.3, 0.4) is 0 Å². The third-order valence-electron chi connectivity index (χ3n) is 0.782. The maximum atomic E-state index is 3.88. The molecule has 0 radical (unpaired) electrons. The summed E-state index contributed by atoms with van der Waals surface area (Å²) in [7, 11) is 0. The summed E-state index contributed by atoms with van der Waals surface area (Å²) in [4.78, 5) is 3.88. The number of aliphatic imine (C=N–C) groups is 1. The number of allylic oxidation sites excluding steroid dienone is 1. The fourth-order valence-electron chi connectivity index (χ4n) is 0.389. The molecule has 0 unspecified atom stereocenters. The lowest BCUT2D eigenvalue weighted by Gasteiger charge is -2.00. The van der Waals surface area contributed by atoms with Gasteiger partial charge in [0.05, 0.1) is 0 Å². The Labute approximate surface area is 62.4 Å². The molecule has 0 aromatic heterocycles. The van der Waals surface area contributed by atoms with Gasteiger partial charge in [-0.1, -0.05) is 12.7 Å². The van der Waals surface area contributed by atoms with Gasteiger partial charge in [0.1, 0.15) is 0 Å². The molecule has 0 heterocycles. The van der Waals surface area contributed by atoms with Crippen molar-refractivity contribution in [1.29, 1.82) is 0 Å². The third-order valence-corrected chi connectivity index (χ3v) is 0.782. The Bertz CT molecular complexity index is 134. The van der Waals surface area contributed by atoms with E-state index in [1.165, 1.54) is 0 Å². The number of rotatable bonds is 4. The summed E-state index contributed by atoms with van der Waals surface area (Å²) in [5.41, 5.74) is 0. The average Bonchev–Trinajstić information content (AvgIpc) is 1.87. The summed E-state index contributed by atoms with van der Waals surface area (Å²) in [6.45, 7) is 7.63. The molecule has 2 nitrogen and oxygen atoms in total. The molecule has 0 aromatic carbocycles. The van der Waals surface area contributed by atoms with Crippen molar-refractivity contribution in [2.75, 3.05) is 0 Å². The average molecular weight is 138 g/mol. The molecular weight excluding hydrogens is 124 g/mol. The summed E-state index contributed by atoms with van der Waals surface area (Å²) >= 11 is 0. The zero-order valence-electron chi connectivity index (χ0n) is 6.54. The molecule has 0 fully saturated rings. The Balaban J connectivity index is 3.37. The minimum absolute atomic E-state index is 0.468. The highest BCUT2D eigenvalue weighted by Crippen LogP contribution is 1.76. The van der Waals surface area contributed by atoms with Crippen LogP contribution in [0.5, 0.6) is 0 Å². The summed E-state index contributed by atoms with van der Waals surface area (Å²) in [6, 6.07) is 0.468.